The van der Waals surface area contributed by atoms with Crippen LogP contribution >= 0.6 is 0 Å². The Morgan fingerprint density at radius 2 is 2.21 bits per heavy atom. The third-order valence-electron chi connectivity index (χ3n) is 4.17. The first-order valence-corrected chi connectivity index (χ1v) is 8.35. The van der Waals surface area contributed by atoms with Gasteiger partial charge in [-0.25, -0.2) is 9.78 Å². The molecule has 0 amide bonds. The second-order valence-corrected chi connectivity index (χ2v) is 7.27. The lowest BCUT2D eigenvalue weighted by atomic mass is 9.96. The molecule has 1 unspecified atom stereocenters. The fourth-order valence-corrected chi connectivity index (χ4v) is 2.72. The van der Waals surface area contributed by atoms with Crippen LogP contribution in [0.15, 0.2) is 37.1 Å². The maximum Gasteiger partial charge on any atom is 0.330 e. The van der Waals surface area contributed by atoms with Crippen molar-refractivity contribution in [3.63, 3.8) is 0 Å². The molecule has 1 atom stereocenters. The first-order chi connectivity index (χ1) is 11.4. The summed E-state index contributed by atoms with van der Waals surface area (Å²) in [7, 11) is 0. The quantitative estimate of drug-likeness (QED) is 0.867. The summed E-state index contributed by atoms with van der Waals surface area (Å²) in [6.45, 7) is 7.07. The van der Waals surface area contributed by atoms with Gasteiger partial charge in [-0.15, -0.1) is 5.06 Å². The van der Waals surface area contributed by atoms with Gasteiger partial charge in [0, 0.05) is 31.4 Å². The van der Waals surface area contributed by atoms with Gasteiger partial charge in [-0.3, -0.25) is 4.98 Å². The van der Waals surface area contributed by atoms with Crippen molar-refractivity contribution >= 4 is 5.97 Å². The number of hydroxylamine groups is 2. The number of rotatable bonds is 3. The topological polar surface area (TPSA) is 60.2 Å². The lowest BCUT2D eigenvalue weighted by molar-refractivity contribution is -0.205. The minimum Gasteiger partial charge on any atom is -0.367 e. The summed E-state index contributed by atoms with van der Waals surface area (Å²) >= 11 is 0. The Labute approximate surface area is 142 Å². The Morgan fingerprint density at radius 1 is 1.38 bits per heavy atom. The molecule has 24 heavy (non-hydrogen) atoms. The van der Waals surface area contributed by atoms with Crippen LogP contribution in [0.4, 0.5) is 0 Å². The number of carbonyl (C=O) groups excluding carboxylic acids is 1. The van der Waals surface area contributed by atoms with Crippen molar-refractivity contribution in [2.45, 2.75) is 39.5 Å². The van der Waals surface area contributed by atoms with Gasteiger partial charge in [-0.2, -0.15) is 0 Å². The van der Waals surface area contributed by atoms with Crippen molar-refractivity contribution in [1.29, 1.82) is 0 Å². The molecule has 0 radical (unpaired) electrons. The van der Waals surface area contributed by atoms with Crippen molar-refractivity contribution in [2.24, 2.45) is 5.41 Å². The molecule has 2 aromatic heterocycles. The van der Waals surface area contributed by atoms with Crippen LogP contribution in [-0.4, -0.2) is 38.7 Å². The molecule has 1 saturated heterocycles. The number of piperidine rings is 1. The molecule has 0 spiro atoms. The Balaban J connectivity index is 1.67. The largest absolute Gasteiger partial charge is 0.367 e. The molecule has 1 fully saturated rings. The molecule has 128 valence electrons. The minimum atomic E-state index is -0.491. The van der Waals surface area contributed by atoms with Crippen LogP contribution < -0.4 is 0 Å². The van der Waals surface area contributed by atoms with E-state index in [9.17, 15) is 4.79 Å². The molecular formula is C18H24N4O2. The summed E-state index contributed by atoms with van der Waals surface area (Å²) in [5, 5.41) is 1.78. The number of aromatic nitrogens is 3. The van der Waals surface area contributed by atoms with Gasteiger partial charge in [0.05, 0.1) is 29.3 Å². The number of carbonyl (C=O) groups is 1. The van der Waals surface area contributed by atoms with Crippen LogP contribution in [0.2, 0.25) is 0 Å². The first kappa shape index (κ1) is 16.6. The summed E-state index contributed by atoms with van der Waals surface area (Å²) in [6, 6.07) is 3.90. The molecule has 0 aromatic carbocycles. The number of pyridine rings is 1. The van der Waals surface area contributed by atoms with E-state index in [1.807, 2.05) is 56.2 Å². The van der Waals surface area contributed by atoms with Gasteiger partial charge in [-0.1, -0.05) is 0 Å². The molecule has 0 aliphatic carbocycles. The molecule has 0 N–H and O–H groups in total. The lowest BCUT2D eigenvalue weighted by Gasteiger charge is -2.32. The predicted molar refractivity (Wildman–Crippen MR) is 90.5 cm³/mol. The Bertz CT molecular complexity index is 691. The van der Waals surface area contributed by atoms with E-state index in [0.717, 1.165) is 30.8 Å². The van der Waals surface area contributed by atoms with Gasteiger partial charge in [0.15, 0.2) is 0 Å². The molecule has 0 saturated carbocycles. The van der Waals surface area contributed by atoms with Crippen molar-refractivity contribution in [2.75, 3.05) is 13.1 Å². The summed E-state index contributed by atoms with van der Waals surface area (Å²) in [5.41, 5.74) is 1.52. The van der Waals surface area contributed by atoms with Gasteiger partial charge in [0.2, 0.25) is 0 Å². The van der Waals surface area contributed by atoms with Crippen molar-refractivity contribution < 1.29 is 9.63 Å². The van der Waals surface area contributed by atoms with Gasteiger partial charge < -0.3 is 9.40 Å². The minimum absolute atomic E-state index is 0.191. The smallest absolute Gasteiger partial charge is 0.330 e. The van der Waals surface area contributed by atoms with Gasteiger partial charge in [0.1, 0.15) is 0 Å². The van der Waals surface area contributed by atoms with Crippen molar-refractivity contribution in [3.8, 4) is 5.69 Å². The molecule has 3 heterocycles. The summed E-state index contributed by atoms with van der Waals surface area (Å²) < 4.78 is 1.97. The van der Waals surface area contributed by atoms with E-state index in [0.29, 0.717) is 6.54 Å². The van der Waals surface area contributed by atoms with E-state index in [2.05, 4.69) is 9.97 Å². The summed E-state index contributed by atoms with van der Waals surface area (Å²) in [5.74, 6) is 0.0773. The molecule has 3 rings (SSSR count). The highest BCUT2D eigenvalue weighted by Crippen LogP contribution is 2.27. The molecule has 6 heteroatoms. The summed E-state index contributed by atoms with van der Waals surface area (Å²) in [6.07, 6.45) is 9.45. The van der Waals surface area contributed by atoms with E-state index in [-0.39, 0.29) is 11.9 Å². The standard InChI is InChI=1S/C18H24N4O2/c1-18(2,3)17(23)24-22-9-5-6-14(11-22)16-12-21(13-20-16)15-7-4-8-19-10-15/h4,7-8,10,12-14H,5-6,9,11H2,1-3H3. The van der Waals surface area contributed by atoms with Crippen LogP contribution in [0.3, 0.4) is 0 Å². The normalized spacial score (nSPS) is 19.2. The molecule has 6 nitrogen and oxygen atoms in total. The van der Waals surface area contributed by atoms with Crippen LogP contribution in [0.1, 0.15) is 45.2 Å². The zero-order valence-electron chi connectivity index (χ0n) is 14.5. The van der Waals surface area contributed by atoms with Crippen LogP contribution in [0.5, 0.6) is 0 Å². The number of hydrogen-bond acceptors (Lipinski definition) is 5. The number of hydrogen-bond donors (Lipinski definition) is 0. The first-order valence-electron chi connectivity index (χ1n) is 8.35. The third-order valence-corrected chi connectivity index (χ3v) is 4.17. The monoisotopic (exact) mass is 328 g/mol. The highest BCUT2D eigenvalue weighted by atomic mass is 16.7. The van der Waals surface area contributed by atoms with Crippen molar-refractivity contribution in [3.05, 3.63) is 42.7 Å². The zero-order chi connectivity index (χ0) is 17.2. The zero-order valence-corrected chi connectivity index (χ0v) is 14.5. The van der Waals surface area contributed by atoms with E-state index in [1.54, 1.807) is 11.3 Å². The Morgan fingerprint density at radius 3 is 2.92 bits per heavy atom. The number of nitrogens with zero attached hydrogens (tertiary/aromatic N) is 4. The maximum absolute atomic E-state index is 12.1. The van der Waals surface area contributed by atoms with Crippen molar-refractivity contribution in [1.82, 2.24) is 19.6 Å². The molecule has 0 bridgehead atoms. The molecule has 1 aliphatic heterocycles. The Hall–Kier alpha value is -2.21. The average molecular weight is 328 g/mol. The van der Waals surface area contributed by atoms with E-state index < -0.39 is 5.41 Å². The summed E-state index contributed by atoms with van der Waals surface area (Å²) in [4.78, 5) is 26.3. The second kappa shape index (κ2) is 6.73. The van der Waals surface area contributed by atoms with Gasteiger partial charge in [0.25, 0.3) is 0 Å². The van der Waals surface area contributed by atoms with Gasteiger partial charge in [-0.05, 0) is 45.7 Å². The number of imidazole rings is 1. The highest BCUT2D eigenvalue weighted by molar-refractivity contribution is 5.75. The highest BCUT2D eigenvalue weighted by Gasteiger charge is 2.30. The fraction of sp³-hybridized carbons (Fsp3) is 0.500. The van der Waals surface area contributed by atoms with E-state index in [4.69, 9.17) is 4.84 Å². The van der Waals surface area contributed by atoms with E-state index >= 15 is 0 Å². The average Bonchev–Trinajstić information content (AvgIpc) is 3.05. The van der Waals surface area contributed by atoms with E-state index in [1.165, 1.54) is 0 Å². The molecular weight excluding hydrogens is 304 g/mol. The SMILES string of the molecule is CC(C)(C)C(=O)ON1CCCC(c2cn(-c3cccnc3)cn2)C1. The third kappa shape index (κ3) is 3.82. The second-order valence-electron chi connectivity index (χ2n) is 7.27. The Kier molecular flexibility index (Phi) is 4.66. The van der Waals surface area contributed by atoms with Crippen LogP contribution in [0, 0.1) is 5.41 Å². The molecule has 1 aliphatic rings. The fourth-order valence-electron chi connectivity index (χ4n) is 2.72. The predicted octanol–water partition coefficient (Wildman–Crippen LogP) is 2.95. The maximum atomic E-state index is 12.1. The van der Waals surface area contributed by atoms with Gasteiger partial charge >= 0.3 is 5.97 Å². The van der Waals surface area contributed by atoms with Crippen LogP contribution in [0.25, 0.3) is 5.69 Å². The molecule has 2 aromatic rings. The van der Waals surface area contributed by atoms with Crippen LogP contribution in [-0.2, 0) is 9.63 Å². The lowest BCUT2D eigenvalue weighted by Crippen LogP contribution is -2.39.